The quantitative estimate of drug-likeness (QED) is 0.455. The van der Waals surface area contributed by atoms with Crippen LogP contribution in [-0.2, 0) is 6.54 Å². The van der Waals surface area contributed by atoms with Crippen LogP contribution in [0.25, 0.3) is 0 Å². The zero-order chi connectivity index (χ0) is 12.3. The molecular formula is C13H19N3O. The van der Waals surface area contributed by atoms with Gasteiger partial charge in [-0.05, 0) is 43.5 Å². The molecule has 0 spiro atoms. The van der Waals surface area contributed by atoms with E-state index in [0.717, 1.165) is 24.6 Å². The number of hydrogen-bond acceptors (Lipinski definition) is 3. The maximum absolute atomic E-state index is 11.4. The van der Waals surface area contributed by atoms with Crippen LogP contribution in [0, 0.1) is 5.92 Å². The Morgan fingerprint density at radius 2 is 2.29 bits per heavy atom. The van der Waals surface area contributed by atoms with E-state index in [2.05, 4.69) is 17.4 Å². The Morgan fingerprint density at radius 3 is 2.94 bits per heavy atom. The number of carbonyl (C=O) groups is 1. The van der Waals surface area contributed by atoms with Gasteiger partial charge in [-0.15, -0.1) is 0 Å². The molecular weight excluding hydrogens is 214 g/mol. The van der Waals surface area contributed by atoms with Gasteiger partial charge >= 0.3 is 0 Å². The summed E-state index contributed by atoms with van der Waals surface area (Å²) in [7, 11) is 2.12. The highest BCUT2D eigenvalue weighted by molar-refractivity contribution is 5.93. The number of hydrogen-bond donors (Lipinski definition) is 2. The van der Waals surface area contributed by atoms with Crippen LogP contribution in [0.2, 0.25) is 0 Å². The van der Waals surface area contributed by atoms with Crippen LogP contribution in [0.1, 0.15) is 28.8 Å². The monoisotopic (exact) mass is 233 g/mol. The SMILES string of the molecule is CN(Cc1cccc(C(=O)NN)c1)CC1CC1. The fourth-order valence-corrected chi connectivity index (χ4v) is 2.01. The minimum absolute atomic E-state index is 0.239. The van der Waals surface area contributed by atoms with Gasteiger partial charge in [-0.1, -0.05) is 12.1 Å². The second kappa shape index (κ2) is 5.29. The fraction of sp³-hybridized carbons (Fsp3) is 0.462. The third-order valence-corrected chi connectivity index (χ3v) is 3.04. The number of nitrogens with two attached hydrogens (primary N) is 1. The molecule has 1 aliphatic carbocycles. The van der Waals surface area contributed by atoms with Gasteiger partial charge in [0.25, 0.3) is 5.91 Å². The van der Waals surface area contributed by atoms with E-state index in [1.54, 1.807) is 6.07 Å². The number of amides is 1. The molecule has 1 fully saturated rings. The van der Waals surface area contributed by atoms with Crippen molar-refractivity contribution < 1.29 is 4.79 Å². The Labute approximate surface area is 102 Å². The zero-order valence-electron chi connectivity index (χ0n) is 10.1. The van der Waals surface area contributed by atoms with E-state index < -0.39 is 0 Å². The number of carbonyl (C=O) groups excluding carboxylic acids is 1. The van der Waals surface area contributed by atoms with E-state index in [0.29, 0.717) is 5.56 Å². The smallest absolute Gasteiger partial charge is 0.265 e. The van der Waals surface area contributed by atoms with Gasteiger partial charge in [0.05, 0.1) is 0 Å². The molecule has 0 radical (unpaired) electrons. The molecule has 17 heavy (non-hydrogen) atoms. The Kier molecular flexibility index (Phi) is 3.76. The predicted octanol–water partition coefficient (Wildman–Crippen LogP) is 1.13. The van der Waals surface area contributed by atoms with Gasteiger partial charge in [-0.25, -0.2) is 5.84 Å². The lowest BCUT2D eigenvalue weighted by Gasteiger charge is -2.16. The molecule has 4 heteroatoms. The molecule has 1 amide bonds. The largest absolute Gasteiger partial charge is 0.302 e. The van der Waals surface area contributed by atoms with Crippen LogP contribution in [0.5, 0.6) is 0 Å². The maximum atomic E-state index is 11.4. The lowest BCUT2D eigenvalue weighted by atomic mass is 10.1. The Hall–Kier alpha value is -1.39. The maximum Gasteiger partial charge on any atom is 0.265 e. The number of hydrazine groups is 1. The summed E-state index contributed by atoms with van der Waals surface area (Å²) < 4.78 is 0. The Bertz CT molecular complexity index is 401. The molecule has 4 nitrogen and oxygen atoms in total. The van der Waals surface area contributed by atoms with Crippen LogP contribution in [0.15, 0.2) is 24.3 Å². The molecule has 1 aromatic rings. The molecule has 0 unspecified atom stereocenters. The van der Waals surface area contributed by atoms with Gasteiger partial charge < -0.3 is 4.90 Å². The van der Waals surface area contributed by atoms with Gasteiger partial charge in [0, 0.05) is 18.7 Å². The molecule has 3 N–H and O–H groups in total. The molecule has 92 valence electrons. The van der Waals surface area contributed by atoms with Crippen molar-refractivity contribution in [2.45, 2.75) is 19.4 Å². The van der Waals surface area contributed by atoms with Crippen LogP contribution in [0.4, 0.5) is 0 Å². The topological polar surface area (TPSA) is 58.4 Å². The molecule has 1 aliphatic rings. The van der Waals surface area contributed by atoms with E-state index in [-0.39, 0.29) is 5.91 Å². The van der Waals surface area contributed by atoms with Crippen LogP contribution < -0.4 is 11.3 Å². The summed E-state index contributed by atoms with van der Waals surface area (Å²) in [5.41, 5.74) is 3.91. The molecule has 0 bridgehead atoms. The third-order valence-electron chi connectivity index (χ3n) is 3.04. The van der Waals surface area contributed by atoms with Crippen molar-refractivity contribution in [1.29, 1.82) is 0 Å². The number of nitrogens with zero attached hydrogens (tertiary/aromatic N) is 1. The van der Waals surface area contributed by atoms with Crippen molar-refractivity contribution in [3.05, 3.63) is 35.4 Å². The summed E-state index contributed by atoms with van der Waals surface area (Å²) >= 11 is 0. The first-order valence-electron chi connectivity index (χ1n) is 5.97. The molecule has 0 saturated heterocycles. The molecule has 1 saturated carbocycles. The van der Waals surface area contributed by atoms with Crippen molar-refractivity contribution in [2.75, 3.05) is 13.6 Å². The lowest BCUT2D eigenvalue weighted by molar-refractivity contribution is 0.0953. The highest BCUT2D eigenvalue weighted by Crippen LogP contribution is 2.29. The van der Waals surface area contributed by atoms with Crippen LogP contribution >= 0.6 is 0 Å². The first kappa shape index (κ1) is 12.1. The molecule has 1 aromatic carbocycles. The average molecular weight is 233 g/mol. The van der Waals surface area contributed by atoms with Gasteiger partial charge in [-0.3, -0.25) is 10.2 Å². The van der Waals surface area contributed by atoms with E-state index in [9.17, 15) is 4.79 Å². The summed E-state index contributed by atoms with van der Waals surface area (Å²) in [5, 5.41) is 0. The van der Waals surface area contributed by atoms with E-state index in [4.69, 9.17) is 5.84 Å². The van der Waals surface area contributed by atoms with Gasteiger partial charge in [0.1, 0.15) is 0 Å². The van der Waals surface area contributed by atoms with Crippen molar-refractivity contribution in [1.82, 2.24) is 10.3 Å². The van der Waals surface area contributed by atoms with Crippen molar-refractivity contribution in [2.24, 2.45) is 11.8 Å². The van der Waals surface area contributed by atoms with E-state index in [1.165, 1.54) is 12.8 Å². The second-order valence-electron chi connectivity index (χ2n) is 4.81. The first-order valence-corrected chi connectivity index (χ1v) is 5.97. The Morgan fingerprint density at radius 1 is 1.53 bits per heavy atom. The summed E-state index contributed by atoms with van der Waals surface area (Å²) in [5.74, 6) is 5.77. The predicted molar refractivity (Wildman–Crippen MR) is 67.2 cm³/mol. The molecule has 0 atom stereocenters. The number of benzene rings is 1. The van der Waals surface area contributed by atoms with Crippen LogP contribution in [-0.4, -0.2) is 24.4 Å². The lowest BCUT2D eigenvalue weighted by Crippen LogP contribution is -2.30. The third kappa shape index (κ3) is 3.54. The van der Waals surface area contributed by atoms with Crippen molar-refractivity contribution in [3.63, 3.8) is 0 Å². The summed E-state index contributed by atoms with van der Waals surface area (Å²) in [6, 6.07) is 7.60. The molecule has 0 aliphatic heterocycles. The number of nitrogens with one attached hydrogen (secondary N) is 1. The van der Waals surface area contributed by atoms with E-state index in [1.807, 2.05) is 18.2 Å². The Balaban J connectivity index is 1.97. The fourth-order valence-electron chi connectivity index (χ4n) is 2.01. The minimum atomic E-state index is -0.239. The summed E-state index contributed by atoms with van der Waals surface area (Å²) in [6.07, 6.45) is 2.72. The van der Waals surface area contributed by atoms with Crippen LogP contribution in [0.3, 0.4) is 0 Å². The number of nitrogen functional groups attached to an aromatic ring is 1. The van der Waals surface area contributed by atoms with Gasteiger partial charge in [0.2, 0.25) is 0 Å². The summed E-state index contributed by atoms with van der Waals surface area (Å²) in [6.45, 7) is 2.02. The van der Waals surface area contributed by atoms with Gasteiger partial charge in [0.15, 0.2) is 0 Å². The zero-order valence-corrected chi connectivity index (χ0v) is 10.1. The summed E-state index contributed by atoms with van der Waals surface area (Å²) in [4.78, 5) is 13.7. The first-order chi connectivity index (χ1) is 8.19. The molecule has 0 heterocycles. The van der Waals surface area contributed by atoms with Crippen molar-refractivity contribution >= 4 is 5.91 Å². The number of rotatable bonds is 5. The second-order valence-corrected chi connectivity index (χ2v) is 4.81. The minimum Gasteiger partial charge on any atom is -0.302 e. The molecule has 2 rings (SSSR count). The van der Waals surface area contributed by atoms with E-state index >= 15 is 0 Å². The van der Waals surface area contributed by atoms with Gasteiger partial charge in [-0.2, -0.15) is 0 Å². The molecule has 0 aromatic heterocycles. The normalized spacial score (nSPS) is 15.0. The highest BCUT2D eigenvalue weighted by atomic mass is 16.2. The highest BCUT2D eigenvalue weighted by Gasteiger charge is 2.22. The standard InChI is InChI=1S/C13H19N3O/c1-16(8-10-5-6-10)9-11-3-2-4-12(7-11)13(17)15-14/h2-4,7,10H,5-6,8-9,14H2,1H3,(H,15,17). The average Bonchev–Trinajstić information content (AvgIpc) is 3.12. The van der Waals surface area contributed by atoms with Crippen molar-refractivity contribution in [3.8, 4) is 0 Å².